The zero-order valence-electron chi connectivity index (χ0n) is 9.23. The van der Waals surface area contributed by atoms with E-state index in [1.807, 2.05) is 17.7 Å². The molecule has 2 N–H and O–H groups in total. The first-order valence-electron chi connectivity index (χ1n) is 5.18. The predicted octanol–water partition coefficient (Wildman–Crippen LogP) is 3.13. The maximum Gasteiger partial charge on any atom is 0.138 e. The van der Waals surface area contributed by atoms with Crippen LogP contribution in [-0.4, -0.2) is 14.8 Å². The number of hydrogen-bond acceptors (Lipinski definition) is 4. The molecule has 0 radical (unpaired) electrons. The second kappa shape index (κ2) is 5.60. The fourth-order valence-electron chi connectivity index (χ4n) is 1.62. The molecule has 0 aliphatic heterocycles. The zero-order valence-corrected chi connectivity index (χ0v) is 13.2. The van der Waals surface area contributed by atoms with Gasteiger partial charge in [-0.15, -0.1) is 11.3 Å². The van der Waals surface area contributed by atoms with Crippen LogP contribution in [-0.2, 0) is 13.0 Å². The van der Waals surface area contributed by atoms with Crippen LogP contribution in [0.2, 0.25) is 0 Å². The minimum absolute atomic E-state index is 0.0681. The molecular weight excluding hydrogens is 368 g/mol. The summed E-state index contributed by atoms with van der Waals surface area (Å²) in [6, 6.07) is 1.98. The van der Waals surface area contributed by atoms with Gasteiger partial charge in [-0.3, -0.25) is 4.68 Å². The lowest BCUT2D eigenvalue weighted by atomic mass is 10.1. The van der Waals surface area contributed by atoms with Crippen LogP contribution in [0.3, 0.4) is 0 Å². The smallest absolute Gasteiger partial charge is 0.138 e. The van der Waals surface area contributed by atoms with Gasteiger partial charge in [0.05, 0.1) is 7.57 Å². The van der Waals surface area contributed by atoms with E-state index in [4.69, 9.17) is 5.73 Å². The van der Waals surface area contributed by atoms with Crippen molar-refractivity contribution in [3.05, 3.63) is 31.4 Å². The molecule has 0 spiro atoms. The first-order chi connectivity index (χ1) is 8.11. The molecule has 0 bridgehead atoms. The van der Waals surface area contributed by atoms with Crippen molar-refractivity contribution in [2.24, 2.45) is 5.73 Å². The number of aryl methyl sites for hydroxylation is 1. The number of hydrogen-bond donors (Lipinski definition) is 1. The second-order valence-corrected chi connectivity index (χ2v) is 7.33. The van der Waals surface area contributed by atoms with Crippen LogP contribution in [0.15, 0.2) is 20.0 Å². The molecular formula is C10H12Br2N4S. The van der Waals surface area contributed by atoms with Crippen molar-refractivity contribution in [3.63, 3.8) is 0 Å². The normalized spacial score (nSPS) is 12.9. The summed E-state index contributed by atoms with van der Waals surface area (Å²) >= 11 is 8.61. The van der Waals surface area contributed by atoms with Crippen molar-refractivity contribution in [2.75, 3.05) is 0 Å². The quantitative estimate of drug-likeness (QED) is 0.887. The van der Waals surface area contributed by atoms with Gasteiger partial charge in [-0.25, -0.2) is 4.98 Å². The number of aromatic nitrogens is 3. The molecule has 4 nitrogen and oxygen atoms in total. The highest BCUT2D eigenvalue weighted by molar-refractivity contribution is 9.12. The van der Waals surface area contributed by atoms with Crippen molar-refractivity contribution < 1.29 is 0 Å². The van der Waals surface area contributed by atoms with Gasteiger partial charge >= 0.3 is 0 Å². The van der Waals surface area contributed by atoms with Gasteiger partial charge in [0.2, 0.25) is 0 Å². The van der Waals surface area contributed by atoms with Crippen LogP contribution in [0.25, 0.3) is 0 Å². The van der Waals surface area contributed by atoms with E-state index in [0.717, 1.165) is 25.5 Å². The van der Waals surface area contributed by atoms with Crippen molar-refractivity contribution in [1.29, 1.82) is 0 Å². The summed E-state index contributed by atoms with van der Waals surface area (Å²) < 4.78 is 4.01. The van der Waals surface area contributed by atoms with Gasteiger partial charge in [0.1, 0.15) is 12.2 Å². The molecule has 0 aliphatic carbocycles. The fourth-order valence-corrected chi connectivity index (χ4v) is 4.62. The van der Waals surface area contributed by atoms with Crippen LogP contribution in [0.4, 0.5) is 0 Å². The first-order valence-corrected chi connectivity index (χ1v) is 7.59. The van der Waals surface area contributed by atoms with E-state index in [-0.39, 0.29) is 6.04 Å². The third-order valence-corrected chi connectivity index (χ3v) is 4.87. The second-order valence-electron chi connectivity index (χ2n) is 3.58. The molecule has 0 saturated heterocycles. The van der Waals surface area contributed by atoms with Gasteiger partial charge in [0, 0.05) is 19.0 Å². The highest BCUT2D eigenvalue weighted by Gasteiger charge is 2.16. The molecule has 0 amide bonds. The summed E-state index contributed by atoms with van der Waals surface area (Å²) in [5.74, 6) is 0.925. The Hall–Kier alpha value is -0.240. The molecule has 0 fully saturated rings. The minimum atomic E-state index is -0.0681. The fraction of sp³-hybridized carbons (Fsp3) is 0.400. The molecule has 92 valence electrons. The summed E-state index contributed by atoms with van der Waals surface area (Å²) in [6.45, 7) is 2.86. The SMILES string of the molecule is CCn1ncnc1CC(N)c1cc(Br)sc1Br. The standard InChI is InChI=1S/C10H12Br2N4S/c1-2-16-9(14-5-15-16)4-7(13)6-3-8(11)17-10(6)12/h3,5,7H,2,4,13H2,1H3. The van der Waals surface area contributed by atoms with E-state index >= 15 is 0 Å². The Morgan fingerprint density at radius 1 is 1.53 bits per heavy atom. The summed E-state index contributed by atoms with van der Waals surface area (Å²) in [5, 5.41) is 4.14. The summed E-state index contributed by atoms with van der Waals surface area (Å²) in [4.78, 5) is 4.24. The van der Waals surface area contributed by atoms with Gasteiger partial charge in [-0.05, 0) is 50.4 Å². The van der Waals surface area contributed by atoms with Crippen LogP contribution < -0.4 is 5.73 Å². The molecule has 2 aromatic rings. The Morgan fingerprint density at radius 3 is 2.88 bits per heavy atom. The van der Waals surface area contributed by atoms with Gasteiger partial charge in [-0.2, -0.15) is 5.10 Å². The Morgan fingerprint density at radius 2 is 2.29 bits per heavy atom. The van der Waals surface area contributed by atoms with Crippen molar-refractivity contribution in [1.82, 2.24) is 14.8 Å². The molecule has 7 heteroatoms. The van der Waals surface area contributed by atoms with Crippen molar-refractivity contribution in [3.8, 4) is 0 Å². The maximum atomic E-state index is 6.20. The third kappa shape index (κ3) is 2.96. The van der Waals surface area contributed by atoms with E-state index in [1.54, 1.807) is 17.7 Å². The van der Waals surface area contributed by atoms with E-state index in [1.165, 1.54) is 0 Å². The number of nitrogens with zero attached hydrogens (tertiary/aromatic N) is 3. The summed E-state index contributed by atoms with van der Waals surface area (Å²) in [7, 11) is 0. The summed E-state index contributed by atoms with van der Waals surface area (Å²) in [5.41, 5.74) is 7.30. The molecule has 2 heterocycles. The van der Waals surface area contributed by atoms with Crippen LogP contribution >= 0.6 is 43.2 Å². The first kappa shape index (κ1) is 13.2. The molecule has 17 heavy (non-hydrogen) atoms. The average Bonchev–Trinajstić information content (AvgIpc) is 2.84. The minimum Gasteiger partial charge on any atom is -0.324 e. The highest BCUT2D eigenvalue weighted by Crippen LogP contribution is 2.35. The highest BCUT2D eigenvalue weighted by atomic mass is 79.9. The van der Waals surface area contributed by atoms with Crippen LogP contribution in [0.1, 0.15) is 24.4 Å². The Kier molecular flexibility index (Phi) is 4.35. The maximum absolute atomic E-state index is 6.20. The van der Waals surface area contributed by atoms with Crippen molar-refractivity contribution in [2.45, 2.75) is 25.9 Å². The molecule has 1 atom stereocenters. The van der Waals surface area contributed by atoms with Gasteiger partial charge in [0.25, 0.3) is 0 Å². The molecule has 1 unspecified atom stereocenters. The van der Waals surface area contributed by atoms with Gasteiger partial charge in [0.15, 0.2) is 0 Å². The van der Waals surface area contributed by atoms with Crippen LogP contribution in [0, 0.1) is 0 Å². The monoisotopic (exact) mass is 378 g/mol. The van der Waals surface area contributed by atoms with E-state index in [9.17, 15) is 0 Å². The number of nitrogens with two attached hydrogens (primary N) is 1. The molecule has 0 aliphatic rings. The van der Waals surface area contributed by atoms with E-state index in [0.29, 0.717) is 6.42 Å². The number of rotatable bonds is 4. The largest absolute Gasteiger partial charge is 0.324 e. The Bertz CT molecular complexity index is 508. The predicted molar refractivity (Wildman–Crippen MR) is 76.0 cm³/mol. The van der Waals surface area contributed by atoms with Crippen LogP contribution in [0.5, 0.6) is 0 Å². The molecule has 2 rings (SSSR count). The molecule has 0 saturated carbocycles. The Labute approximate surface area is 120 Å². The zero-order chi connectivity index (χ0) is 12.4. The topological polar surface area (TPSA) is 56.7 Å². The lowest BCUT2D eigenvalue weighted by molar-refractivity contribution is 0.581. The lowest BCUT2D eigenvalue weighted by Crippen LogP contribution is -2.16. The van der Waals surface area contributed by atoms with Gasteiger partial charge in [-0.1, -0.05) is 0 Å². The molecule has 0 aromatic carbocycles. The summed E-state index contributed by atoms with van der Waals surface area (Å²) in [6.07, 6.45) is 2.26. The molecule has 2 aromatic heterocycles. The Balaban J connectivity index is 2.17. The van der Waals surface area contributed by atoms with Gasteiger partial charge < -0.3 is 5.73 Å². The number of thiophene rings is 1. The van der Waals surface area contributed by atoms with E-state index < -0.39 is 0 Å². The van der Waals surface area contributed by atoms with E-state index in [2.05, 4.69) is 41.9 Å². The average molecular weight is 380 g/mol. The number of halogens is 2. The van der Waals surface area contributed by atoms with Crippen molar-refractivity contribution >= 4 is 43.2 Å². The third-order valence-electron chi connectivity index (χ3n) is 2.48. The lowest BCUT2D eigenvalue weighted by Gasteiger charge is -2.10.